The van der Waals surface area contributed by atoms with Gasteiger partial charge >= 0.3 is 0 Å². The number of ether oxygens (including phenoxy) is 2. The number of rotatable bonds is 7. The molecule has 0 spiro atoms. The Bertz CT molecular complexity index is 1010. The first-order valence-electron chi connectivity index (χ1n) is 9.45. The maximum Gasteiger partial charge on any atom is 0.224 e. The fourth-order valence-electron chi connectivity index (χ4n) is 3.13. The van der Waals surface area contributed by atoms with Gasteiger partial charge < -0.3 is 14.8 Å². The maximum atomic E-state index is 12.3. The highest BCUT2D eigenvalue weighted by Gasteiger charge is 2.12. The molecule has 152 valence electrons. The fraction of sp³-hybridized carbons (Fsp3) is 0.318. The van der Waals surface area contributed by atoms with Crippen molar-refractivity contribution < 1.29 is 14.3 Å². The van der Waals surface area contributed by atoms with E-state index in [2.05, 4.69) is 15.4 Å². The van der Waals surface area contributed by atoms with Crippen LogP contribution in [0.15, 0.2) is 36.5 Å². The van der Waals surface area contributed by atoms with E-state index in [1.807, 2.05) is 50.7 Å². The Balaban J connectivity index is 1.58. The summed E-state index contributed by atoms with van der Waals surface area (Å²) in [7, 11) is 3.51. The van der Waals surface area contributed by atoms with Crippen LogP contribution in [-0.2, 0) is 18.3 Å². The first kappa shape index (κ1) is 20.4. The largest absolute Gasteiger partial charge is 0.493 e. The Kier molecular flexibility index (Phi) is 6.16. The molecule has 0 aliphatic rings. The average Bonchev–Trinajstić information content (AvgIpc) is 2.94. The summed E-state index contributed by atoms with van der Waals surface area (Å²) in [6, 6.07) is 9.16. The molecule has 0 unspecified atom stereocenters. The summed E-state index contributed by atoms with van der Waals surface area (Å²) >= 11 is 0. The smallest absolute Gasteiger partial charge is 0.224 e. The number of methoxy groups -OCH3 is 1. The Hall–Kier alpha value is -3.35. The highest BCUT2D eigenvalue weighted by Crippen LogP contribution is 2.31. The number of aromatic nitrogens is 3. The summed E-state index contributed by atoms with van der Waals surface area (Å²) in [5.74, 6) is 1.59. The normalized spacial score (nSPS) is 10.7. The summed E-state index contributed by atoms with van der Waals surface area (Å²) in [5, 5.41) is 7.26. The van der Waals surface area contributed by atoms with Crippen LogP contribution in [0.5, 0.6) is 17.4 Å². The van der Waals surface area contributed by atoms with Gasteiger partial charge in [-0.3, -0.25) is 9.48 Å². The molecular weight excluding hydrogens is 368 g/mol. The molecule has 1 amide bonds. The zero-order valence-corrected chi connectivity index (χ0v) is 17.4. The molecule has 0 saturated heterocycles. The van der Waals surface area contributed by atoms with Crippen LogP contribution in [0.4, 0.5) is 5.69 Å². The number of carbonyl (C=O) groups is 1. The zero-order chi connectivity index (χ0) is 21.0. The van der Waals surface area contributed by atoms with E-state index in [0.717, 1.165) is 22.5 Å². The second-order valence-electron chi connectivity index (χ2n) is 6.96. The van der Waals surface area contributed by atoms with Crippen molar-refractivity contribution in [3.05, 3.63) is 59.0 Å². The van der Waals surface area contributed by atoms with Gasteiger partial charge in [-0.2, -0.15) is 5.10 Å². The summed E-state index contributed by atoms with van der Waals surface area (Å²) in [5.41, 5.74) is 4.88. The van der Waals surface area contributed by atoms with Gasteiger partial charge in [-0.05, 0) is 56.5 Å². The third kappa shape index (κ3) is 4.93. The topological polar surface area (TPSA) is 78.3 Å². The lowest BCUT2D eigenvalue weighted by Gasteiger charge is -2.11. The molecule has 0 fully saturated rings. The number of hydrogen-bond donors (Lipinski definition) is 1. The molecule has 0 atom stereocenters. The summed E-state index contributed by atoms with van der Waals surface area (Å²) in [6.07, 6.45) is 2.61. The molecule has 0 aliphatic heterocycles. The molecule has 0 aliphatic carbocycles. The highest BCUT2D eigenvalue weighted by atomic mass is 16.5. The second kappa shape index (κ2) is 8.77. The monoisotopic (exact) mass is 394 g/mol. The minimum atomic E-state index is -0.0664. The van der Waals surface area contributed by atoms with Gasteiger partial charge in [-0.15, -0.1) is 0 Å². The van der Waals surface area contributed by atoms with Crippen LogP contribution in [0.1, 0.15) is 28.9 Å². The van der Waals surface area contributed by atoms with Gasteiger partial charge in [0.05, 0.1) is 24.7 Å². The van der Waals surface area contributed by atoms with Gasteiger partial charge in [0, 0.05) is 25.2 Å². The van der Waals surface area contributed by atoms with Crippen molar-refractivity contribution in [1.29, 1.82) is 0 Å². The van der Waals surface area contributed by atoms with E-state index in [1.165, 1.54) is 0 Å². The predicted molar refractivity (Wildman–Crippen MR) is 112 cm³/mol. The summed E-state index contributed by atoms with van der Waals surface area (Å²) in [6.45, 7) is 5.96. The molecule has 1 N–H and O–H groups in total. The van der Waals surface area contributed by atoms with Crippen LogP contribution < -0.4 is 14.8 Å². The van der Waals surface area contributed by atoms with E-state index in [4.69, 9.17) is 9.47 Å². The first-order chi connectivity index (χ1) is 13.9. The lowest BCUT2D eigenvalue weighted by atomic mass is 10.1. The fourth-order valence-corrected chi connectivity index (χ4v) is 3.13. The second-order valence-corrected chi connectivity index (χ2v) is 6.96. The van der Waals surface area contributed by atoms with E-state index < -0.39 is 0 Å². The number of hydrogen-bond acceptors (Lipinski definition) is 5. The molecule has 2 heterocycles. The van der Waals surface area contributed by atoms with Crippen molar-refractivity contribution in [2.45, 2.75) is 33.6 Å². The van der Waals surface area contributed by atoms with Gasteiger partial charge in [0.15, 0.2) is 11.5 Å². The molecule has 0 saturated carbocycles. The quantitative estimate of drug-likeness (QED) is 0.652. The molecule has 29 heavy (non-hydrogen) atoms. The van der Waals surface area contributed by atoms with Crippen molar-refractivity contribution in [1.82, 2.24) is 14.8 Å². The first-order valence-corrected chi connectivity index (χ1v) is 9.45. The molecule has 7 nitrogen and oxygen atoms in total. The molecule has 3 rings (SSSR count). The number of carbonyl (C=O) groups excluding carboxylic acids is 1. The zero-order valence-electron chi connectivity index (χ0n) is 17.4. The molecular formula is C22H26N4O3. The standard InChI is InChI=1S/C22H26N4O3/c1-14-6-9-19(20(12-14)28-5)29-22-11-7-17(13-23-22)24-21(27)10-8-18-15(2)25-26(4)16(18)3/h6-7,9,11-13H,8,10H2,1-5H3,(H,24,27). The summed E-state index contributed by atoms with van der Waals surface area (Å²) < 4.78 is 13.0. The minimum absolute atomic E-state index is 0.0664. The third-order valence-electron chi connectivity index (χ3n) is 4.81. The highest BCUT2D eigenvalue weighted by molar-refractivity contribution is 5.90. The van der Waals surface area contributed by atoms with Crippen molar-refractivity contribution in [3.63, 3.8) is 0 Å². The summed E-state index contributed by atoms with van der Waals surface area (Å²) in [4.78, 5) is 16.6. The van der Waals surface area contributed by atoms with Crippen LogP contribution in [0.2, 0.25) is 0 Å². The SMILES string of the molecule is COc1cc(C)ccc1Oc1ccc(NC(=O)CCc2c(C)nn(C)c2C)cn1. The number of aryl methyl sites for hydroxylation is 3. The number of amides is 1. The Morgan fingerprint density at radius 2 is 1.93 bits per heavy atom. The maximum absolute atomic E-state index is 12.3. The van der Waals surface area contributed by atoms with Crippen molar-refractivity contribution in [2.75, 3.05) is 12.4 Å². The molecule has 7 heteroatoms. The molecule has 2 aromatic heterocycles. The van der Waals surface area contributed by atoms with Crippen LogP contribution in [0.25, 0.3) is 0 Å². The molecule has 0 bridgehead atoms. The van der Waals surface area contributed by atoms with Gasteiger partial charge in [0.1, 0.15) is 0 Å². The van der Waals surface area contributed by atoms with Gasteiger partial charge in [0.2, 0.25) is 11.8 Å². The molecule has 1 aromatic carbocycles. The third-order valence-corrected chi connectivity index (χ3v) is 4.81. The molecule has 0 radical (unpaired) electrons. The van der Waals surface area contributed by atoms with E-state index in [-0.39, 0.29) is 5.91 Å². The van der Waals surface area contributed by atoms with Crippen molar-refractivity contribution >= 4 is 11.6 Å². The predicted octanol–water partition coefficient (Wildman–Crippen LogP) is 4.11. The van der Waals surface area contributed by atoms with Crippen LogP contribution in [-0.4, -0.2) is 27.8 Å². The van der Waals surface area contributed by atoms with Crippen LogP contribution in [0.3, 0.4) is 0 Å². The van der Waals surface area contributed by atoms with E-state index >= 15 is 0 Å². The molecule has 3 aromatic rings. The van der Waals surface area contributed by atoms with Gasteiger partial charge in [-0.1, -0.05) is 6.07 Å². The van der Waals surface area contributed by atoms with Crippen LogP contribution in [0, 0.1) is 20.8 Å². The number of anilines is 1. The number of nitrogens with zero attached hydrogens (tertiary/aromatic N) is 3. The lowest BCUT2D eigenvalue weighted by molar-refractivity contribution is -0.116. The van der Waals surface area contributed by atoms with E-state index in [1.54, 1.807) is 25.4 Å². The number of pyridine rings is 1. The van der Waals surface area contributed by atoms with Gasteiger partial charge in [-0.25, -0.2) is 4.98 Å². The minimum Gasteiger partial charge on any atom is -0.493 e. The number of nitrogens with one attached hydrogen (secondary N) is 1. The Labute approximate surface area is 170 Å². The number of benzene rings is 1. The van der Waals surface area contributed by atoms with Gasteiger partial charge in [0.25, 0.3) is 0 Å². The Morgan fingerprint density at radius 3 is 2.55 bits per heavy atom. The van der Waals surface area contributed by atoms with E-state index in [9.17, 15) is 4.79 Å². The average molecular weight is 394 g/mol. The van der Waals surface area contributed by atoms with E-state index in [0.29, 0.717) is 35.9 Å². The van der Waals surface area contributed by atoms with Crippen molar-refractivity contribution in [2.24, 2.45) is 7.05 Å². The van der Waals surface area contributed by atoms with Crippen LogP contribution >= 0.6 is 0 Å². The lowest BCUT2D eigenvalue weighted by Crippen LogP contribution is -2.13. The van der Waals surface area contributed by atoms with Crippen molar-refractivity contribution in [3.8, 4) is 17.4 Å². The Morgan fingerprint density at radius 1 is 1.14 bits per heavy atom.